The minimum atomic E-state index is 0.380. The van der Waals surface area contributed by atoms with Crippen molar-refractivity contribution in [3.8, 4) is 5.95 Å². The maximum atomic E-state index is 5.63. The van der Waals surface area contributed by atoms with Gasteiger partial charge in [0.15, 0.2) is 0 Å². The van der Waals surface area contributed by atoms with E-state index in [9.17, 15) is 0 Å². The van der Waals surface area contributed by atoms with E-state index in [0.29, 0.717) is 4.99 Å². The Hall–Kier alpha value is -1.62. The number of hydrogen-bond acceptors (Lipinski definition) is 2. The summed E-state index contributed by atoms with van der Waals surface area (Å²) in [5.41, 5.74) is 6.44. The topological polar surface area (TPSA) is 48.8 Å². The number of aryl methyl sites for hydroxylation is 1. The van der Waals surface area contributed by atoms with Crippen LogP contribution in [0.1, 0.15) is 12.6 Å². The predicted octanol–water partition coefficient (Wildman–Crippen LogP) is 1.33. The molecule has 78 valence electrons. The summed E-state index contributed by atoms with van der Waals surface area (Å²) >= 11 is 4.98. The van der Waals surface area contributed by atoms with Crippen LogP contribution in [-0.4, -0.2) is 19.1 Å². The van der Waals surface area contributed by atoms with Crippen molar-refractivity contribution in [3.63, 3.8) is 0 Å². The van der Waals surface area contributed by atoms with Crippen LogP contribution in [0.5, 0.6) is 0 Å². The third-order valence-corrected chi connectivity index (χ3v) is 2.46. The van der Waals surface area contributed by atoms with Gasteiger partial charge in [0.05, 0.1) is 5.69 Å². The molecule has 5 heteroatoms. The number of nitrogens with zero attached hydrogens (tertiary/aromatic N) is 3. The zero-order valence-electron chi connectivity index (χ0n) is 8.42. The molecule has 0 aromatic carbocycles. The maximum absolute atomic E-state index is 5.63. The van der Waals surface area contributed by atoms with Crippen LogP contribution >= 0.6 is 12.2 Å². The van der Waals surface area contributed by atoms with E-state index in [1.54, 1.807) is 6.20 Å². The van der Waals surface area contributed by atoms with E-state index in [1.807, 2.05) is 33.7 Å². The van der Waals surface area contributed by atoms with Gasteiger partial charge in [0.1, 0.15) is 4.99 Å². The lowest BCUT2D eigenvalue weighted by atomic mass is 10.4. The number of imidazole rings is 1. The van der Waals surface area contributed by atoms with Crippen LogP contribution < -0.4 is 5.73 Å². The van der Waals surface area contributed by atoms with Crippen LogP contribution in [0.25, 0.3) is 5.95 Å². The van der Waals surface area contributed by atoms with Crippen molar-refractivity contribution in [2.45, 2.75) is 13.5 Å². The van der Waals surface area contributed by atoms with Crippen LogP contribution in [0.15, 0.2) is 30.7 Å². The SMILES string of the molecule is CCn1ccnc1-n1cccc1C(N)=S. The van der Waals surface area contributed by atoms with Gasteiger partial charge in [0, 0.05) is 25.1 Å². The molecule has 2 rings (SSSR count). The Morgan fingerprint density at radius 3 is 3.00 bits per heavy atom. The van der Waals surface area contributed by atoms with E-state index >= 15 is 0 Å². The summed E-state index contributed by atoms with van der Waals surface area (Å²) < 4.78 is 3.92. The lowest BCUT2D eigenvalue weighted by Gasteiger charge is -2.08. The Morgan fingerprint density at radius 1 is 1.53 bits per heavy atom. The molecule has 2 heterocycles. The summed E-state index contributed by atoms with van der Waals surface area (Å²) in [5.74, 6) is 0.838. The second-order valence-electron chi connectivity index (χ2n) is 3.14. The fraction of sp³-hybridized carbons (Fsp3) is 0.200. The van der Waals surface area contributed by atoms with Gasteiger partial charge in [-0.25, -0.2) is 4.98 Å². The van der Waals surface area contributed by atoms with Crippen LogP contribution in [0.3, 0.4) is 0 Å². The summed E-state index contributed by atoms with van der Waals surface area (Å²) in [6.45, 7) is 2.93. The highest BCUT2D eigenvalue weighted by Gasteiger charge is 2.09. The van der Waals surface area contributed by atoms with Gasteiger partial charge < -0.3 is 10.3 Å². The molecule has 2 N–H and O–H groups in total. The fourth-order valence-corrected chi connectivity index (χ4v) is 1.69. The van der Waals surface area contributed by atoms with Gasteiger partial charge in [-0.15, -0.1) is 0 Å². The van der Waals surface area contributed by atoms with Crippen molar-refractivity contribution < 1.29 is 0 Å². The van der Waals surface area contributed by atoms with Gasteiger partial charge in [-0.2, -0.15) is 0 Å². The van der Waals surface area contributed by atoms with Gasteiger partial charge in [-0.3, -0.25) is 4.57 Å². The summed E-state index contributed by atoms with van der Waals surface area (Å²) in [6, 6.07) is 3.79. The molecule has 4 nitrogen and oxygen atoms in total. The van der Waals surface area contributed by atoms with E-state index in [4.69, 9.17) is 18.0 Å². The van der Waals surface area contributed by atoms with Crippen LogP contribution in [0, 0.1) is 0 Å². The summed E-state index contributed by atoms with van der Waals surface area (Å²) in [6.07, 6.45) is 5.60. The Bertz CT molecular complexity index is 483. The molecule has 2 aromatic heterocycles. The molecule has 2 aromatic rings. The molecule has 0 saturated heterocycles. The van der Waals surface area contributed by atoms with E-state index in [1.165, 1.54) is 0 Å². The van der Waals surface area contributed by atoms with Crippen molar-refractivity contribution in [2.75, 3.05) is 0 Å². The van der Waals surface area contributed by atoms with Gasteiger partial charge in [-0.05, 0) is 19.1 Å². The first-order valence-corrected chi connectivity index (χ1v) is 5.13. The Morgan fingerprint density at radius 2 is 2.33 bits per heavy atom. The summed E-state index contributed by atoms with van der Waals surface area (Å²) in [5, 5.41) is 0. The van der Waals surface area contributed by atoms with Gasteiger partial charge in [0.2, 0.25) is 5.95 Å². The Balaban J connectivity index is 2.54. The highest BCUT2D eigenvalue weighted by Crippen LogP contribution is 2.10. The quantitative estimate of drug-likeness (QED) is 0.794. The predicted molar refractivity (Wildman–Crippen MR) is 63.1 cm³/mol. The minimum Gasteiger partial charge on any atom is -0.388 e. The zero-order chi connectivity index (χ0) is 10.8. The number of hydrogen-bond donors (Lipinski definition) is 1. The average molecular weight is 220 g/mol. The lowest BCUT2D eigenvalue weighted by molar-refractivity contribution is 0.719. The monoisotopic (exact) mass is 220 g/mol. The first-order chi connectivity index (χ1) is 7.24. The molecule has 0 radical (unpaired) electrons. The molecule has 0 atom stereocenters. The Labute approximate surface area is 93.3 Å². The standard InChI is InChI=1S/C10H12N4S/c1-2-13-7-5-12-10(13)14-6-3-4-8(14)9(11)15/h3-7H,2H2,1H3,(H2,11,15). The number of thiocarbonyl (C=S) groups is 1. The van der Waals surface area contributed by atoms with E-state index in [2.05, 4.69) is 11.9 Å². The van der Waals surface area contributed by atoms with Gasteiger partial charge in [-0.1, -0.05) is 12.2 Å². The number of rotatable bonds is 3. The lowest BCUT2D eigenvalue weighted by Crippen LogP contribution is -2.16. The number of nitrogens with two attached hydrogens (primary N) is 1. The molecule has 0 bridgehead atoms. The van der Waals surface area contributed by atoms with Crippen LogP contribution in [0.2, 0.25) is 0 Å². The average Bonchev–Trinajstić information content (AvgIpc) is 2.85. The fourth-order valence-electron chi connectivity index (χ4n) is 1.52. The van der Waals surface area contributed by atoms with Crippen LogP contribution in [-0.2, 0) is 6.54 Å². The molecule has 0 aliphatic heterocycles. The van der Waals surface area contributed by atoms with Crippen molar-refractivity contribution in [1.82, 2.24) is 14.1 Å². The molecular weight excluding hydrogens is 208 g/mol. The molecule has 0 amide bonds. The highest BCUT2D eigenvalue weighted by molar-refractivity contribution is 7.80. The minimum absolute atomic E-state index is 0.380. The van der Waals surface area contributed by atoms with Crippen molar-refractivity contribution in [2.24, 2.45) is 5.73 Å². The van der Waals surface area contributed by atoms with Crippen LogP contribution in [0.4, 0.5) is 0 Å². The van der Waals surface area contributed by atoms with Gasteiger partial charge in [0.25, 0.3) is 0 Å². The van der Waals surface area contributed by atoms with E-state index in [0.717, 1.165) is 18.2 Å². The third-order valence-electron chi connectivity index (χ3n) is 2.25. The first kappa shape index (κ1) is 9.92. The van der Waals surface area contributed by atoms with Crippen molar-refractivity contribution in [1.29, 1.82) is 0 Å². The second-order valence-corrected chi connectivity index (χ2v) is 3.58. The largest absolute Gasteiger partial charge is 0.388 e. The molecule has 0 fully saturated rings. The molecule has 0 aliphatic carbocycles. The van der Waals surface area contributed by atoms with E-state index < -0.39 is 0 Å². The van der Waals surface area contributed by atoms with Gasteiger partial charge >= 0.3 is 0 Å². The molecule has 0 aliphatic rings. The first-order valence-electron chi connectivity index (χ1n) is 4.72. The molecule has 15 heavy (non-hydrogen) atoms. The van der Waals surface area contributed by atoms with Crippen molar-refractivity contribution in [3.05, 3.63) is 36.4 Å². The molecule has 0 unspecified atom stereocenters. The normalized spacial score (nSPS) is 10.5. The third kappa shape index (κ3) is 1.66. The smallest absolute Gasteiger partial charge is 0.214 e. The Kier molecular flexibility index (Phi) is 2.55. The molecule has 0 saturated carbocycles. The summed E-state index contributed by atoms with van der Waals surface area (Å²) in [4.78, 5) is 4.66. The maximum Gasteiger partial charge on any atom is 0.214 e. The highest BCUT2D eigenvalue weighted by atomic mass is 32.1. The molecule has 0 spiro atoms. The zero-order valence-corrected chi connectivity index (χ0v) is 9.24. The number of aromatic nitrogens is 3. The van der Waals surface area contributed by atoms with Crippen molar-refractivity contribution >= 4 is 17.2 Å². The second kappa shape index (κ2) is 3.86. The molecular formula is C10H12N4S. The summed E-state index contributed by atoms with van der Waals surface area (Å²) in [7, 11) is 0. The van der Waals surface area contributed by atoms with E-state index in [-0.39, 0.29) is 0 Å².